The van der Waals surface area contributed by atoms with Crippen molar-refractivity contribution in [2.45, 2.75) is 86.0 Å². The number of aliphatic hydroxyl groups is 1. The maximum atomic E-state index is 14.3. The first kappa shape index (κ1) is 25.3. The Balaban J connectivity index is 1.67. The largest absolute Gasteiger partial charge is 0.507 e. The SMILES string of the molecule is C=C1C(O)=C(C#N)C[C@]2(C)C3=CC(=O)C4C5CC(C)(C)CC[C@]5(C(=O)OC)CC[C@@]4(C)[C@]3(C)CC[C@@H]12. The van der Waals surface area contributed by atoms with Crippen LogP contribution >= 0.6 is 0 Å². The van der Waals surface area contributed by atoms with Crippen molar-refractivity contribution in [1.29, 1.82) is 5.26 Å². The number of fused-ring (bicyclic) bond motifs is 7. The van der Waals surface area contributed by atoms with E-state index in [-0.39, 0.29) is 51.5 Å². The lowest BCUT2D eigenvalue weighted by atomic mass is 9.35. The zero-order valence-electron chi connectivity index (χ0n) is 22.8. The van der Waals surface area contributed by atoms with Crippen molar-refractivity contribution >= 4 is 11.8 Å². The molecule has 0 spiro atoms. The van der Waals surface area contributed by atoms with Crippen molar-refractivity contribution in [3.05, 3.63) is 35.1 Å². The summed E-state index contributed by atoms with van der Waals surface area (Å²) in [5.41, 5.74) is 0.625. The Morgan fingerprint density at radius 2 is 1.81 bits per heavy atom. The van der Waals surface area contributed by atoms with E-state index < -0.39 is 10.8 Å². The number of ether oxygens (including phenoxy) is 1. The highest BCUT2D eigenvalue weighted by atomic mass is 16.5. The van der Waals surface area contributed by atoms with Gasteiger partial charge in [-0.1, -0.05) is 46.8 Å². The van der Waals surface area contributed by atoms with Crippen molar-refractivity contribution in [3.8, 4) is 6.07 Å². The highest BCUT2D eigenvalue weighted by molar-refractivity contribution is 5.96. The topological polar surface area (TPSA) is 87.4 Å². The van der Waals surface area contributed by atoms with Gasteiger partial charge in [0, 0.05) is 11.3 Å². The van der Waals surface area contributed by atoms with Crippen LogP contribution in [0.5, 0.6) is 0 Å². The van der Waals surface area contributed by atoms with Gasteiger partial charge in [-0.3, -0.25) is 9.59 Å². The summed E-state index contributed by atoms with van der Waals surface area (Å²) in [6.07, 6.45) is 8.23. The Morgan fingerprint density at radius 1 is 1.14 bits per heavy atom. The highest BCUT2D eigenvalue weighted by Crippen LogP contribution is 2.74. The monoisotopic (exact) mass is 491 g/mol. The van der Waals surface area contributed by atoms with E-state index in [0.29, 0.717) is 17.6 Å². The average molecular weight is 492 g/mol. The molecule has 0 aromatic rings. The molecule has 5 aliphatic rings. The normalized spacial score (nSPS) is 45.4. The average Bonchev–Trinajstić information content (AvgIpc) is 2.82. The minimum absolute atomic E-state index is 0.00763. The summed E-state index contributed by atoms with van der Waals surface area (Å²) in [4.78, 5) is 27.6. The zero-order chi connectivity index (χ0) is 26.5. The first-order valence-corrected chi connectivity index (χ1v) is 13.6. The van der Waals surface area contributed by atoms with Crippen LogP contribution in [0, 0.1) is 56.2 Å². The van der Waals surface area contributed by atoms with Gasteiger partial charge in [0.15, 0.2) is 5.78 Å². The number of allylic oxidation sites excluding steroid dienone is 4. The number of esters is 1. The Morgan fingerprint density at radius 3 is 2.44 bits per heavy atom. The molecule has 0 aromatic carbocycles. The lowest BCUT2D eigenvalue weighted by Gasteiger charge is -2.68. The maximum absolute atomic E-state index is 14.3. The molecule has 5 heteroatoms. The van der Waals surface area contributed by atoms with E-state index in [9.17, 15) is 20.0 Å². The van der Waals surface area contributed by atoms with Crippen molar-refractivity contribution in [2.24, 2.45) is 44.8 Å². The molecular formula is C31H41NO4. The number of ketones is 1. The van der Waals surface area contributed by atoms with Crippen LogP contribution in [0.3, 0.4) is 0 Å². The predicted octanol–water partition coefficient (Wildman–Crippen LogP) is 6.62. The Labute approximate surface area is 215 Å². The number of rotatable bonds is 1. The van der Waals surface area contributed by atoms with Gasteiger partial charge in [0.05, 0.1) is 24.2 Å². The molecule has 0 radical (unpaired) electrons. The zero-order valence-corrected chi connectivity index (χ0v) is 22.8. The van der Waals surface area contributed by atoms with Crippen molar-refractivity contribution in [3.63, 3.8) is 0 Å². The lowest BCUT2D eigenvalue weighted by molar-refractivity contribution is -0.190. The molecule has 5 nitrogen and oxygen atoms in total. The van der Waals surface area contributed by atoms with E-state index in [0.717, 1.165) is 50.5 Å². The number of carbonyl (C=O) groups excluding carboxylic acids is 2. The third-order valence-electron chi connectivity index (χ3n) is 12.0. The fourth-order valence-electron chi connectivity index (χ4n) is 9.69. The molecule has 0 aliphatic heterocycles. The number of nitrogens with zero attached hydrogens (tertiary/aromatic N) is 1. The quantitative estimate of drug-likeness (QED) is 0.417. The molecule has 1 N–H and O–H groups in total. The highest BCUT2D eigenvalue weighted by Gasteiger charge is 2.70. The van der Waals surface area contributed by atoms with E-state index in [4.69, 9.17) is 4.74 Å². The third-order valence-corrected chi connectivity index (χ3v) is 12.0. The van der Waals surface area contributed by atoms with Crippen molar-refractivity contribution < 1.29 is 19.4 Å². The van der Waals surface area contributed by atoms with Gasteiger partial charge in [0.25, 0.3) is 0 Å². The second-order valence-corrected chi connectivity index (χ2v) is 14.0. The van der Waals surface area contributed by atoms with E-state index in [1.165, 1.54) is 7.11 Å². The molecule has 194 valence electrons. The summed E-state index contributed by atoms with van der Waals surface area (Å²) in [6, 6.07) is 2.20. The van der Waals surface area contributed by atoms with Crippen LogP contribution in [-0.2, 0) is 14.3 Å². The van der Waals surface area contributed by atoms with Gasteiger partial charge in [-0.15, -0.1) is 0 Å². The van der Waals surface area contributed by atoms with E-state index in [2.05, 4.69) is 47.3 Å². The minimum atomic E-state index is -0.589. The van der Waals surface area contributed by atoms with Gasteiger partial charge >= 0.3 is 5.97 Å². The third kappa shape index (κ3) is 2.93. The van der Waals surface area contributed by atoms with Crippen LogP contribution in [-0.4, -0.2) is 24.0 Å². The molecular weight excluding hydrogens is 450 g/mol. The minimum Gasteiger partial charge on any atom is -0.507 e. The number of nitriles is 1. The molecule has 3 fully saturated rings. The predicted molar refractivity (Wildman–Crippen MR) is 137 cm³/mol. The smallest absolute Gasteiger partial charge is 0.312 e. The Kier molecular flexibility index (Phi) is 5.33. The van der Waals surface area contributed by atoms with E-state index >= 15 is 0 Å². The molecule has 0 bridgehead atoms. The fraction of sp³-hybridized carbons (Fsp3) is 0.710. The maximum Gasteiger partial charge on any atom is 0.312 e. The van der Waals surface area contributed by atoms with E-state index in [1.54, 1.807) is 0 Å². The molecule has 3 saturated carbocycles. The number of hydrogen-bond acceptors (Lipinski definition) is 5. The molecule has 7 atom stereocenters. The first-order valence-electron chi connectivity index (χ1n) is 13.6. The molecule has 36 heavy (non-hydrogen) atoms. The molecule has 5 rings (SSSR count). The number of aliphatic hydroxyl groups excluding tert-OH is 1. The van der Waals surface area contributed by atoms with Crippen LogP contribution in [0.1, 0.15) is 86.0 Å². The molecule has 0 saturated heterocycles. The molecule has 0 aromatic heterocycles. The van der Waals surface area contributed by atoms with Gasteiger partial charge in [-0.25, -0.2) is 0 Å². The van der Waals surface area contributed by atoms with E-state index in [1.807, 2.05) is 6.08 Å². The summed E-state index contributed by atoms with van der Waals surface area (Å²) in [5.74, 6) is -0.236. The van der Waals surface area contributed by atoms with Crippen LogP contribution in [0.25, 0.3) is 0 Å². The molecule has 0 amide bonds. The summed E-state index contributed by atoms with van der Waals surface area (Å²) in [7, 11) is 1.48. The molecule has 2 unspecified atom stereocenters. The van der Waals surface area contributed by atoms with Gasteiger partial charge in [-0.2, -0.15) is 5.26 Å². The van der Waals surface area contributed by atoms with Gasteiger partial charge in [0.2, 0.25) is 0 Å². The number of carbonyl (C=O) groups is 2. The Bertz CT molecular complexity index is 1170. The number of hydrogen-bond donors (Lipinski definition) is 1. The second kappa shape index (κ2) is 7.59. The molecule has 0 heterocycles. The summed E-state index contributed by atoms with van der Waals surface area (Å²) in [5, 5.41) is 20.4. The number of methoxy groups -OCH3 is 1. The standard InChI is InChI=1S/C31H41NO4/c1-18-20-8-9-29(5)23(28(20,4)15-19(17-32)25(18)34)14-22(33)24-21-16-27(2,3)10-12-31(21,26(35)36-7)13-11-30(24,29)6/h14,20-21,24,34H,1,8-13,15-16H2,2-7H3/t20-,21?,24?,28-,29+,30+,31-/m0/s1. The van der Waals surface area contributed by atoms with Gasteiger partial charge in [0.1, 0.15) is 5.76 Å². The molecule has 5 aliphatic carbocycles. The van der Waals surface area contributed by atoms with Gasteiger partial charge in [-0.05, 0) is 91.1 Å². The summed E-state index contributed by atoms with van der Waals surface area (Å²) >= 11 is 0. The lowest BCUT2D eigenvalue weighted by Crippen LogP contribution is -2.65. The summed E-state index contributed by atoms with van der Waals surface area (Å²) < 4.78 is 5.40. The van der Waals surface area contributed by atoms with Crippen LogP contribution in [0.15, 0.2) is 35.1 Å². The Hall–Kier alpha value is -2.35. The van der Waals surface area contributed by atoms with Crippen molar-refractivity contribution in [1.82, 2.24) is 0 Å². The van der Waals surface area contributed by atoms with Crippen LogP contribution in [0.4, 0.5) is 0 Å². The van der Waals surface area contributed by atoms with Crippen LogP contribution < -0.4 is 0 Å². The van der Waals surface area contributed by atoms with Gasteiger partial charge < -0.3 is 9.84 Å². The fourth-order valence-corrected chi connectivity index (χ4v) is 9.69. The second-order valence-electron chi connectivity index (χ2n) is 14.0. The first-order chi connectivity index (χ1) is 16.7. The summed E-state index contributed by atoms with van der Waals surface area (Å²) in [6.45, 7) is 15.5. The van der Waals surface area contributed by atoms with Crippen molar-refractivity contribution in [2.75, 3.05) is 7.11 Å². The van der Waals surface area contributed by atoms with Crippen LogP contribution in [0.2, 0.25) is 0 Å².